The van der Waals surface area contributed by atoms with Crippen molar-refractivity contribution >= 4 is 23.3 Å². The van der Waals surface area contributed by atoms with Crippen LogP contribution in [0.2, 0.25) is 5.02 Å². The second-order valence-corrected chi connectivity index (χ2v) is 8.72. The monoisotopic (exact) mass is 436 g/mol. The van der Waals surface area contributed by atoms with Crippen LogP contribution in [0.15, 0.2) is 55.4 Å². The first-order chi connectivity index (χ1) is 15.2. The molecule has 3 heterocycles. The summed E-state index contributed by atoms with van der Waals surface area (Å²) in [5.41, 5.74) is 0.693. The van der Waals surface area contributed by atoms with Crippen LogP contribution in [-0.2, 0) is 10.2 Å². The lowest BCUT2D eigenvalue weighted by atomic mass is 9.77. The maximum absolute atomic E-state index is 13.7. The number of amides is 1. The molecule has 0 atom stereocenters. The van der Waals surface area contributed by atoms with Gasteiger partial charge in [0.05, 0.1) is 5.41 Å². The van der Waals surface area contributed by atoms with Crippen molar-refractivity contribution in [2.24, 2.45) is 0 Å². The van der Waals surface area contributed by atoms with Gasteiger partial charge in [-0.15, -0.1) is 0 Å². The summed E-state index contributed by atoms with van der Waals surface area (Å²) in [6, 6.07) is 9.82. The number of benzene rings is 1. The number of carbonyl (C=O) groups excluding carboxylic acids is 1. The third-order valence-electron chi connectivity index (χ3n) is 6.56. The maximum atomic E-state index is 13.7. The largest absolute Gasteiger partial charge is 0.353 e. The van der Waals surface area contributed by atoms with Crippen molar-refractivity contribution in [2.45, 2.75) is 31.1 Å². The molecule has 0 radical (unpaired) electrons. The number of hydrogen-bond donors (Lipinski definition) is 0. The Balaban J connectivity index is 1.30. The lowest BCUT2D eigenvalue weighted by molar-refractivity contribution is -0.137. The zero-order valence-corrected chi connectivity index (χ0v) is 18.1. The van der Waals surface area contributed by atoms with Crippen LogP contribution in [0.25, 0.3) is 5.82 Å². The Morgan fingerprint density at radius 1 is 0.968 bits per heavy atom. The lowest BCUT2D eigenvalue weighted by Gasteiger charge is -2.40. The van der Waals surface area contributed by atoms with Crippen LogP contribution < -0.4 is 4.90 Å². The smallest absolute Gasteiger partial charge is 0.233 e. The van der Waals surface area contributed by atoms with Crippen LogP contribution in [-0.4, -0.2) is 56.5 Å². The van der Waals surface area contributed by atoms with Crippen molar-refractivity contribution in [3.63, 3.8) is 0 Å². The second kappa shape index (κ2) is 8.30. The number of halogens is 1. The Morgan fingerprint density at radius 3 is 2.35 bits per heavy atom. The molecule has 0 bridgehead atoms. The van der Waals surface area contributed by atoms with Gasteiger partial charge < -0.3 is 9.80 Å². The average Bonchev–Trinajstić information content (AvgIpc) is 3.53. The fourth-order valence-electron chi connectivity index (χ4n) is 4.86. The zero-order chi connectivity index (χ0) is 21.3. The Hall–Kier alpha value is -2.93. The average molecular weight is 437 g/mol. The molecule has 0 spiro atoms. The van der Waals surface area contributed by atoms with Gasteiger partial charge in [0.25, 0.3) is 0 Å². The van der Waals surface area contributed by atoms with Crippen LogP contribution in [0.5, 0.6) is 0 Å². The topological polar surface area (TPSA) is 67.2 Å². The highest BCUT2D eigenvalue weighted by Crippen LogP contribution is 2.43. The molecule has 0 N–H and O–H groups in total. The first-order valence-electron chi connectivity index (χ1n) is 10.8. The number of nitrogens with zero attached hydrogens (tertiary/aromatic N) is 6. The highest BCUT2D eigenvalue weighted by atomic mass is 35.5. The number of anilines is 1. The van der Waals surface area contributed by atoms with Gasteiger partial charge in [0.2, 0.25) is 5.91 Å². The zero-order valence-electron chi connectivity index (χ0n) is 17.3. The molecule has 2 fully saturated rings. The van der Waals surface area contributed by atoms with Gasteiger partial charge >= 0.3 is 0 Å². The van der Waals surface area contributed by atoms with Crippen molar-refractivity contribution in [1.29, 1.82) is 0 Å². The summed E-state index contributed by atoms with van der Waals surface area (Å²) >= 11 is 6.09. The van der Waals surface area contributed by atoms with Crippen LogP contribution in [0.1, 0.15) is 31.2 Å². The quantitative estimate of drug-likeness (QED) is 0.626. The van der Waals surface area contributed by atoms with Gasteiger partial charge in [0.1, 0.15) is 24.3 Å². The van der Waals surface area contributed by atoms with Crippen molar-refractivity contribution in [3.8, 4) is 5.82 Å². The molecule has 8 heteroatoms. The molecule has 2 aromatic heterocycles. The van der Waals surface area contributed by atoms with Gasteiger partial charge in [-0.3, -0.25) is 9.36 Å². The van der Waals surface area contributed by atoms with Crippen LogP contribution in [0.3, 0.4) is 0 Å². The number of hydrogen-bond acceptors (Lipinski definition) is 5. The van der Waals surface area contributed by atoms with Crippen LogP contribution in [0.4, 0.5) is 5.82 Å². The predicted molar refractivity (Wildman–Crippen MR) is 120 cm³/mol. The van der Waals surface area contributed by atoms with Crippen molar-refractivity contribution in [1.82, 2.24) is 24.4 Å². The Kier molecular flexibility index (Phi) is 5.36. The first-order valence-corrected chi connectivity index (χ1v) is 11.1. The van der Waals surface area contributed by atoms with Crippen LogP contribution in [0, 0.1) is 0 Å². The van der Waals surface area contributed by atoms with Gasteiger partial charge in [0.15, 0.2) is 0 Å². The van der Waals surface area contributed by atoms with E-state index in [4.69, 9.17) is 11.6 Å². The summed E-state index contributed by atoms with van der Waals surface area (Å²) in [6.45, 7) is 2.89. The van der Waals surface area contributed by atoms with E-state index in [2.05, 4.69) is 19.9 Å². The maximum Gasteiger partial charge on any atom is 0.233 e. The van der Waals surface area contributed by atoms with E-state index in [0.717, 1.165) is 56.0 Å². The highest BCUT2D eigenvalue weighted by molar-refractivity contribution is 6.30. The minimum absolute atomic E-state index is 0.258. The number of rotatable bonds is 4. The number of aromatic nitrogens is 4. The molecule has 1 aliphatic carbocycles. The summed E-state index contributed by atoms with van der Waals surface area (Å²) in [4.78, 5) is 30.8. The minimum Gasteiger partial charge on any atom is -0.353 e. The molecule has 1 saturated carbocycles. The van der Waals surface area contributed by atoms with Gasteiger partial charge in [-0.05, 0) is 30.5 Å². The van der Waals surface area contributed by atoms with Gasteiger partial charge in [0, 0.05) is 49.7 Å². The second-order valence-electron chi connectivity index (χ2n) is 8.28. The van der Waals surface area contributed by atoms with Crippen LogP contribution >= 0.6 is 11.6 Å². The Labute approximate surface area is 186 Å². The number of imidazole rings is 1. The predicted octanol–water partition coefficient (Wildman–Crippen LogP) is 3.48. The first kappa shape index (κ1) is 20.0. The summed E-state index contributed by atoms with van der Waals surface area (Å²) in [5.74, 6) is 1.92. The molecule has 1 amide bonds. The molecule has 7 nitrogen and oxygen atoms in total. The van der Waals surface area contributed by atoms with Crippen molar-refractivity contribution in [2.75, 3.05) is 31.1 Å². The third-order valence-corrected chi connectivity index (χ3v) is 6.81. The molecule has 3 aromatic rings. The van der Waals surface area contributed by atoms with E-state index in [1.165, 1.54) is 0 Å². The number of piperazine rings is 1. The van der Waals surface area contributed by atoms with Crippen molar-refractivity contribution in [3.05, 3.63) is 66.0 Å². The summed E-state index contributed by atoms with van der Waals surface area (Å²) in [6.07, 6.45) is 10.9. The minimum atomic E-state index is -0.406. The molecule has 1 aromatic carbocycles. The fourth-order valence-corrected chi connectivity index (χ4v) is 4.99. The highest BCUT2D eigenvalue weighted by Gasteiger charge is 2.45. The van der Waals surface area contributed by atoms with Crippen molar-refractivity contribution < 1.29 is 4.79 Å². The number of carbonyl (C=O) groups is 1. The summed E-state index contributed by atoms with van der Waals surface area (Å²) < 4.78 is 1.86. The van der Waals surface area contributed by atoms with E-state index in [1.807, 2.05) is 46.0 Å². The molecular weight excluding hydrogens is 412 g/mol. The van der Waals surface area contributed by atoms with E-state index in [0.29, 0.717) is 18.1 Å². The lowest BCUT2D eigenvalue weighted by Crippen LogP contribution is -2.54. The molecule has 0 unspecified atom stereocenters. The molecule has 31 heavy (non-hydrogen) atoms. The van der Waals surface area contributed by atoms with E-state index < -0.39 is 5.41 Å². The van der Waals surface area contributed by atoms with Gasteiger partial charge in [-0.1, -0.05) is 36.6 Å². The van der Waals surface area contributed by atoms with E-state index >= 15 is 0 Å². The molecular formula is C23H25ClN6O. The third kappa shape index (κ3) is 3.78. The van der Waals surface area contributed by atoms with E-state index in [1.54, 1.807) is 18.9 Å². The molecule has 1 saturated heterocycles. The van der Waals surface area contributed by atoms with E-state index in [9.17, 15) is 4.79 Å². The molecule has 1 aliphatic heterocycles. The SMILES string of the molecule is O=C(N1CCN(c2cc(-n3ccnc3)ncn2)CC1)C1(c2ccc(Cl)cc2)CCCC1. The Morgan fingerprint density at radius 2 is 1.68 bits per heavy atom. The van der Waals surface area contributed by atoms with E-state index in [-0.39, 0.29) is 5.91 Å². The molecule has 160 valence electrons. The van der Waals surface area contributed by atoms with Gasteiger partial charge in [-0.25, -0.2) is 15.0 Å². The summed E-state index contributed by atoms with van der Waals surface area (Å²) in [5, 5.41) is 0.706. The fraction of sp³-hybridized carbons (Fsp3) is 0.391. The molecule has 2 aliphatic rings. The molecule has 5 rings (SSSR count). The summed E-state index contributed by atoms with van der Waals surface area (Å²) in [7, 11) is 0. The normalized spacial score (nSPS) is 18.4. The van der Waals surface area contributed by atoms with Gasteiger partial charge in [-0.2, -0.15) is 0 Å². The Bertz CT molecular complexity index is 1040. The standard InChI is InChI=1S/C23H25ClN6O/c24-19-5-3-18(4-6-19)23(7-1-2-8-23)22(31)29-13-11-28(12-14-29)20-15-21(27-16-26-20)30-10-9-25-17-30/h3-6,9-10,15-17H,1-2,7-8,11-14H2.